The van der Waals surface area contributed by atoms with E-state index in [-0.39, 0.29) is 36.5 Å². The summed E-state index contributed by atoms with van der Waals surface area (Å²) in [5.41, 5.74) is 7.59. The molecule has 0 unspecified atom stereocenters. The van der Waals surface area contributed by atoms with Gasteiger partial charge in [-0.25, -0.2) is 9.37 Å². The Morgan fingerprint density at radius 2 is 2.00 bits per heavy atom. The molecule has 0 radical (unpaired) electrons. The maximum Gasteiger partial charge on any atom is 0.323 e. The average molecular weight is 658 g/mol. The van der Waals surface area contributed by atoms with Gasteiger partial charge in [0.2, 0.25) is 11.8 Å². The number of imidazole rings is 1. The molecule has 1 saturated heterocycles. The van der Waals surface area contributed by atoms with Gasteiger partial charge in [0.15, 0.2) is 17.0 Å². The second-order valence-electron chi connectivity index (χ2n) is 12.8. The first-order valence-corrected chi connectivity index (χ1v) is 17.8. The normalized spacial score (nSPS) is 22.4. The van der Waals surface area contributed by atoms with E-state index in [2.05, 4.69) is 25.4 Å². The van der Waals surface area contributed by atoms with Crippen molar-refractivity contribution in [1.82, 2.24) is 24.6 Å². The molecule has 0 amide bonds. The highest BCUT2D eigenvalue weighted by molar-refractivity contribution is 8.10. The molecule has 242 valence electrons. The quantitative estimate of drug-likeness (QED) is 0.131. The number of aromatic nitrogens is 4. The first-order valence-electron chi connectivity index (χ1n) is 14.9. The van der Waals surface area contributed by atoms with Crippen molar-refractivity contribution in [3.8, 4) is 0 Å². The number of nitrogens with zero attached hydrogens (tertiary/aromatic N) is 4. The van der Waals surface area contributed by atoms with Crippen LogP contribution in [0.25, 0.3) is 21.9 Å². The lowest BCUT2D eigenvalue weighted by Crippen LogP contribution is -2.37. The topological polar surface area (TPSA) is 138 Å². The SMILES string of the molecule is CNc1nc(N)nc2c1ncn2[C@@H]1O[C@](F)(CO[P@@](=S)(Cc2cccc3ccccc23)N[C@@H](C)C(=O)OCC(C)(C)C)C[C@@H]1C. The molecule has 5 atom stereocenters. The summed E-state index contributed by atoms with van der Waals surface area (Å²) >= 11 is 6.12. The number of carbonyl (C=O) groups is 1. The van der Waals surface area contributed by atoms with Crippen LogP contribution in [0.5, 0.6) is 0 Å². The van der Waals surface area contributed by atoms with Crippen LogP contribution in [0.4, 0.5) is 16.2 Å². The number of ether oxygens (including phenoxy) is 2. The van der Waals surface area contributed by atoms with E-state index in [0.717, 1.165) is 16.3 Å². The zero-order valence-electron chi connectivity index (χ0n) is 26.4. The summed E-state index contributed by atoms with van der Waals surface area (Å²) in [7, 11) is 1.71. The lowest BCUT2D eigenvalue weighted by Gasteiger charge is -2.30. The van der Waals surface area contributed by atoms with Crippen LogP contribution in [0, 0.1) is 11.3 Å². The molecule has 4 aromatic rings. The fraction of sp³-hybridized carbons (Fsp3) is 0.484. The summed E-state index contributed by atoms with van der Waals surface area (Å²) in [6, 6.07) is 13.1. The largest absolute Gasteiger partial charge is 0.464 e. The molecule has 4 N–H and O–H groups in total. The van der Waals surface area contributed by atoms with Gasteiger partial charge in [0.1, 0.15) is 25.3 Å². The highest BCUT2D eigenvalue weighted by Crippen LogP contribution is 2.51. The highest BCUT2D eigenvalue weighted by atomic mass is 32.4. The van der Waals surface area contributed by atoms with Gasteiger partial charge in [-0.1, -0.05) is 70.2 Å². The van der Waals surface area contributed by atoms with Gasteiger partial charge >= 0.3 is 5.97 Å². The van der Waals surface area contributed by atoms with E-state index >= 15 is 4.39 Å². The number of nitrogens with two attached hydrogens (primary N) is 1. The van der Waals surface area contributed by atoms with Crippen molar-refractivity contribution >= 4 is 57.9 Å². The summed E-state index contributed by atoms with van der Waals surface area (Å²) in [5.74, 6) is -2.35. The molecule has 1 fully saturated rings. The monoisotopic (exact) mass is 657 g/mol. The van der Waals surface area contributed by atoms with Crippen molar-refractivity contribution in [1.29, 1.82) is 0 Å². The summed E-state index contributed by atoms with van der Waals surface area (Å²) in [6.07, 6.45) is -1.92. The molecule has 3 heterocycles. The van der Waals surface area contributed by atoms with Gasteiger partial charge in [0.25, 0.3) is 0 Å². The van der Waals surface area contributed by atoms with Crippen LogP contribution in [-0.4, -0.2) is 57.6 Å². The Hall–Kier alpha value is -3.22. The Morgan fingerprint density at radius 3 is 2.73 bits per heavy atom. The van der Waals surface area contributed by atoms with E-state index in [4.69, 9.17) is 31.5 Å². The van der Waals surface area contributed by atoms with Crippen molar-refractivity contribution in [2.75, 3.05) is 31.3 Å². The fourth-order valence-corrected chi connectivity index (χ4v) is 8.55. The van der Waals surface area contributed by atoms with Crippen molar-refractivity contribution in [3.05, 3.63) is 54.4 Å². The van der Waals surface area contributed by atoms with Crippen molar-refractivity contribution in [3.63, 3.8) is 0 Å². The number of nitrogen functional groups attached to an aromatic ring is 1. The minimum atomic E-state index is -3.07. The number of hydrogen-bond acceptors (Lipinski definition) is 10. The molecule has 0 aliphatic carbocycles. The number of rotatable bonds is 11. The molecule has 2 aromatic heterocycles. The number of hydrogen-bond donors (Lipinski definition) is 3. The van der Waals surface area contributed by atoms with Crippen LogP contribution in [0.3, 0.4) is 0 Å². The lowest BCUT2D eigenvalue weighted by molar-refractivity contribution is -0.172. The number of fused-ring (bicyclic) bond motifs is 2. The molecule has 11 nitrogen and oxygen atoms in total. The molecule has 1 aliphatic rings. The van der Waals surface area contributed by atoms with Crippen LogP contribution in [0.15, 0.2) is 48.8 Å². The van der Waals surface area contributed by atoms with Crippen LogP contribution >= 0.6 is 6.42 Å². The third-order valence-electron chi connectivity index (χ3n) is 7.53. The average Bonchev–Trinajstić information content (AvgIpc) is 3.53. The third-order valence-corrected chi connectivity index (χ3v) is 10.6. The zero-order chi connectivity index (χ0) is 32.6. The predicted molar refractivity (Wildman–Crippen MR) is 178 cm³/mol. The Morgan fingerprint density at radius 1 is 1.27 bits per heavy atom. The van der Waals surface area contributed by atoms with Gasteiger partial charge in [-0.15, -0.1) is 0 Å². The number of anilines is 2. The zero-order valence-corrected chi connectivity index (χ0v) is 28.1. The van der Waals surface area contributed by atoms with Gasteiger partial charge < -0.3 is 25.0 Å². The molecule has 2 aromatic carbocycles. The standard InChI is InChI=1S/C31H41FN7O4PS/c1-19-14-31(32,43-27(19)39-18-35-24-25(34-6)36-29(33)37-26(24)39)17-42-44(45,38-20(2)28(40)41-16-30(3,4)5)15-22-12-9-11-21-10-7-8-13-23(21)22/h7-13,18-20,27H,14-17H2,1-6H3,(H,38,45)(H3,33,34,36,37)/t19-,20-,27+,31-,44+/m0/s1. The molecule has 5 rings (SSSR count). The molecular formula is C31H41FN7O4PS. The Balaban J connectivity index is 1.38. The van der Waals surface area contributed by atoms with Crippen molar-refractivity contribution in [2.45, 2.75) is 65.3 Å². The maximum absolute atomic E-state index is 16.5. The van der Waals surface area contributed by atoms with E-state index in [9.17, 15) is 4.79 Å². The summed E-state index contributed by atoms with van der Waals surface area (Å²) in [5, 5.41) is 8.25. The Bertz CT molecular complexity index is 1740. The van der Waals surface area contributed by atoms with Crippen LogP contribution < -0.4 is 16.1 Å². The van der Waals surface area contributed by atoms with E-state index in [0.29, 0.717) is 17.0 Å². The molecule has 14 heteroatoms. The predicted octanol–water partition coefficient (Wildman–Crippen LogP) is 5.92. The van der Waals surface area contributed by atoms with Gasteiger partial charge in [-0.3, -0.25) is 14.4 Å². The minimum absolute atomic E-state index is 0.0452. The maximum atomic E-state index is 16.5. The number of carbonyl (C=O) groups excluding carboxylic acids is 1. The lowest BCUT2D eigenvalue weighted by atomic mass is 9.99. The van der Waals surface area contributed by atoms with Gasteiger partial charge in [0, 0.05) is 25.5 Å². The second kappa shape index (κ2) is 12.9. The van der Waals surface area contributed by atoms with Gasteiger partial charge in [-0.2, -0.15) is 9.97 Å². The Kier molecular flexibility index (Phi) is 9.49. The minimum Gasteiger partial charge on any atom is -0.464 e. The van der Waals surface area contributed by atoms with Crippen LogP contribution in [-0.2, 0) is 36.8 Å². The van der Waals surface area contributed by atoms with Gasteiger partial charge in [0.05, 0.1) is 12.9 Å². The van der Waals surface area contributed by atoms with Gasteiger partial charge in [-0.05, 0) is 40.5 Å². The first-order chi connectivity index (χ1) is 21.2. The highest BCUT2D eigenvalue weighted by Gasteiger charge is 2.48. The third kappa shape index (κ3) is 7.61. The smallest absolute Gasteiger partial charge is 0.323 e. The molecule has 0 bridgehead atoms. The molecule has 45 heavy (non-hydrogen) atoms. The number of benzene rings is 2. The second-order valence-corrected chi connectivity index (χ2v) is 16.8. The Labute approximate surface area is 267 Å². The van der Waals surface area contributed by atoms with E-state index in [1.807, 2.05) is 70.2 Å². The summed E-state index contributed by atoms with van der Waals surface area (Å²) in [4.78, 5) is 25.9. The van der Waals surface area contributed by atoms with E-state index in [1.54, 1.807) is 24.9 Å². The van der Waals surface area contributed by atoms with Crippen molar-refractivity contribution < 1.29 is 23.2 Å². The summed E-state index contributed by atoms with van der Waals surface area (Å²) in [6.45, 7) is 9.34. The molecular weight excluding hydrogens is 616 g/mol. The van der Waals surface area contributed by atoms with Crippen LogP contribution in [0.2, 0.25) is 0 Å². The number of alkyl halides is 1. The summed E-state index contributed by atoms with van der Waals surface area (Å²) < 4.78 is 36.1. The van der Waals surface area contributed by atoms with E-state index in [1.165, 1.54) is 0 Å². The first kappa shape index (κ1) is 33.2. The number of nitrogens with one attached hydrogen (secondary N) is 2. The number of halogens is 1. The molecule has 0 spiro atoms. The van der Waals surface area contributed by atoms with Crippen molar-refractivity contribution in [2.24, 2.45) is 11.3 Å². The number of esters is 1. The van der Waals surface area contributed by atoms with E-state index < -0.39 is 37.1 Å². The molecule has 0 saturated carbocycles. The van der Waals surface area contributed by atoms with Crippen LogP contribution in [0.1, 0.15) is 52.8 Å². The molecule has 1 aliphatic heterocycles. The fourth-order valence-electron chi connectivity index (χ4n) is 5.42.